The number of hydrogen-bond acceptors (Lipinski definition) is 5. The molecule has 0 radical (unpaired) electrons. The zero-order valence-corrected chi connectivity index (χ0v) is 15.5. The van der Waals surface area contributed by atoms with Gasteiger partial charge < -0.3 is 11.2 Å². The van der Waals surface area contributed by atoms with E-state index in [0.29, 0.717) is 11.1 Å². The largest absolute Gasteiger partial charge is 0.353 e. The molecule has 25 heavy (non-hydrogen) atoms. The first-order valence-corrected chi connectivity index (χ1v) is 9.64. The minimum atomic E-state index is -0.266. The lowest BCUT2D eigenvalue weighted by Crippen LogP contribution is -2.38. The number of nitrogens with two attached hydrogens (primary N) is 1. The van der Waals surface area contributed by atoms with Crippen LogP contribution in [0.4, 0.5) is 0 Å². The number of carbonyl (C=O) groups excluding carboxylic acids is 1. The molecule has 1 aliphatic rings. The molecular formula is C18H25N5OS. The lowest BCUT2D eigenvalue weighted by molar-refractivity contribution is -0.120. The molecule has 2 aromatic rings. The van der Waals surface area contributed by atoms with Gasteiger partial charge in [-0.05, 0) is 45.1 Å². The minimum absolute atomic E-state index is 0.00142. The zero-order chi connectivity index (χ0) is 17.8. The molecule has 0 spiro atoms. The second-order valence-corrected chi connectivity index (χ2v) is 7.99. The van der Waals surface area contributed by atoms with Gasteiger partial charge in [0.2, 0.25) is 11.1 Å². The molecule has 1 amide bonds. The molecule has 1 heterocycles. The lowest BCUT2D eigenvalue weighted by atomic mass is 10.1. The highest BCUT2D eigenvalue weighted by molar-refractivity contribution is 8.00. The first kappa shape index (κ1) is 17.8. The van der Waals surface area contributed by atoms with Crippen molar-refractivity contribution in [2.24, 2.45) is 0 Å². The Kier molecular flexibility index (Phi) is 5.63. The number of benzene rings is 1. The third-order valence-corrected chi connectivity index (χ3v) is 5.44. The number of nitrogens with one attached hydrogen (secondary N) is 1. The van der Waals surface area contributed by atoms with Gasteiger partial charge in [-0.2, -0.15) is 0 Å². The Morgan fingerprint density at radius 2 is 2.04 bits per heavy atom. The molecule has 7 heteroatoms. The standard InChI is InChI=1S/C18H25N5OS/c1-12(8-9-14-6-4-3-5-7-14)20-17(24)13(2)25-18-22-21-16(23(18)19)15-10-11-15/h3-7,12-13,15H,8-11,19H2,1-2H3,(H,20,24). The fourth-order valence-electron chi connectivity index (χ4n) is 2.66. The Bertz CT molecular complexity index is 714. The molecule has 1 saturated carbocycles. The third kappa shape index (κ3) is 4.75. The first-order valence-electron chi connectivity index (χ1n) is 8.76. The van der Waals surface area contributed by atoms with Crippen molar-refractivity contribution < 1.29 is 4.79 Å². The van der Waals surface area contributed by atoms with Gasteiger partial charge >= 0.3 is 0 Å². The third-order valence-electron chi connectivity index (χ3n) is 4.38. The Morgan fingerprint density at radius 3 is 2.72 bits per heavy atom. The number of amides is 1. The molecule has 0 bridgehead atoms. The number of carbonyl (C=O) groups is 1. The fraction of sp³-hybridized carbons (Fsp3) is 0.500. The Labute approximate surface area is 152 Å². The molecule has 0 aliphatic heterocycles. The molecule has 2 atom stereocenters. The topological polar surface area (TPSA) is 85.8 Å². The second-order valence-electron chi connectivity index (χ2n) is 6.68. The van der Waals surface area contributed by atoms with Crippen molar-refractivity contribution in [2.45, 2.75) is 61.9 Å². The van der Waals surface area contributed by atoms with Gasteiger partial charge in [0.25, 0.3) is 0 Å². The lowest BCUT2D eigenvalue weighted by Gasteiger charge is -2.17. The highest BCUT2D eigenvalue weighted by Gasteiger charge is 2.30. The Balaban J connectivity index is 1.47. The smallest absolute Gasteiger partial charge is 0.233 e. The van der Waals surface area contributed by atoms with E-state index >= 15 is 0 Å². The minimum Gasteiger partial charge on any atom is -0.353 e. The quantitative estimate of drug-likeness (QED) is 0.559. The summed E-state index contributed by atoms with van der Waals surface area (Å²) in [7, 11) is 0. The highest BCUT2D eigenvalue weighted by atomic mass is 32.2. The summed E-state index contributed by atoms with van der Waals surface area (Å²) in [4.78, 5) is 12.4. The maximum absolute atomic E-state index is 12.4. The predicted octanol–water partition coefficient (Wildman–Crippen LogP) is 2.49. The molecule has 3 rings (SSSR count). The second kappa shape index (κ2) is 7.91. The van der Waals surface area contributed by atoms with E-state index in [4.69, 9.17) is 5.84 Å². The molecule has 0 saturated heterocycles. The average Bonchev–Trinajstić information content (AvgIpc) is 3.39. The molecule has 3 N–H and O–H groups in total. The van der Waals surface area contributed by atoms with Crippen LogP contribution in [0.15, 0.2) is 35.5 Å². The summed E-state index contributed by atoms with van der Waals surface area (Å²) in [5, 5.41) is 11.7. The van der Waals surface area contributed by atoms with Crippen LogP contribution in [0.1, 0.15) is 50.4 Å². The van der Waals surface area contributed by atoms with Crippen LogP contribution in [-0.2, 0) is 11.2 Å². The van der Waals surface area contributed by atoms with Gasteiger partial charge in [-0.3, -0.25) is 4.79 Å². The van der Waals surface area contributed by atoms with E-state index in [2.05, 4.69) is 27.6 Å². The predicted molar refractivity (Wildman–Crippen MR) is 99.8 cm³/mol. The molecule has 1 fully saturated rings. The van der Waals surface area contributed by atoms with Crippen molar-refractivity contribution in [3.63, 3.8) is 0 Å². The van der Waals surface area contributed by atoms with Gasteiger partial charge in [-0.25, -0.2) is 4.68 Å². The SMILES string of the molecule is CC(CCc1ccccc1)NC(=O)C(C)Sc1nnc(C2CC2)n1N. The van der Waals surface area contributed by atoms with Gasteiger partial charge in [-0.15, -0.1) is 10.2 Å². The normalized spacial score (nSPS) is 16.4. The van der Waals surface area contributed by atoms with Crippen molar-refractivity contribution in [3.05, 3.63) is 41.7 Å². The van der Waals surface area contributed by atoms with Gasteiger partial charge in [0.15, 0.2) is 5.82 Å². The number of nitrogens with zero attached hydrogens (tertiary/aromatic N) is 3. The molecule has 1 aliphatic carbocycles. The zero-order valence-electron chi connectivity index (χ0n) is 14.7. The van der Waals surface area contributed by atoms with E-state index in [1.165, 1.54) is 22.0 Å². The first-order chi connectivity index (χ1) is 12.0. The Hall–Kier alpha value is -2.02. The van der Waals surface area contributed by atoms with Gasteiger partial charge in [0.05, 0.1) is 5.25 Å². The van der Waals surface area contributed by atoms with E-state index < -0.39 is 0 Å². The van der Waals surface area contributed by atoms with Crippen LogP contribution in [0.25, 0.3) is 0 Å². The molecule has 1 aromatic carbocycles. The van der Waals surface area contributed by atoms with E-state index in [-0.39, 0.29) is 17.2 Å². The average molecular weight is 359 g/mol. The maximum atomic E-state index is 12.4. The molecule has 2 unspecified atom stereocenters. The van der Waals surface area contributed by atoms with E-state index in [1.807, 2.05) is 32.0 Å². The van der Waals surface area contributed by atoms with E-state index in [0.717, 1.165) is 31.5 Å². The maximum Gasteiger partial charge on any atom is 0.233 e. The number of thioether (sulfide) groups is 1. The summed E-state index contributed by atoms with van der Waals surface area (Å²) in [6.45, 7) is 3.91. The van der Waals surface area contributed by atoms with Crippen molar-refractivity contribution in [1.82, 2.24) is 20.2 Å². The van der Waals surface area contributed by atoms with Crippen LogP contribution >= 0.6 is 11.8 Å². The number of rotatable bonds is 8. The van der Waals surface area contributed by atoms with E-state index in [1.54, 1.807) is 0 Å². The summed E-state index contributed by atoms with van der Waals surface area (Å²) in [5.41, 5.74) is 1.29. The van der Waals surface area contributed by atoms with Crippen molar-refractivity contribution in [3.8, 4) is 0 Å². The molecule has 6 nitrogen and oxygen atoms in total. The van der Waals surface area contributed by atoms with Crippen LogP contribution in [0.5, 0.6) is 0 Å². The summed E-state index contributed by atoms with van der Waals surface area (Å²) in [6, 6.07) is 10.4. The van der Waals surface area contributed by atoms with E-state index in [9.17, 15) is 4.79 Å². The van der Waals surface area contributed by atoms with Crippen LogP contribution in [-0.4, -0.2) is 32.1 Å². The van der Waals surface area contributed by atoms with Crippen LogP contribution in [0.2, 0.25) is 0 Å². The summed E-state index contributed by atoms with van der Waals surface area (Å²) < 4.78 is 1.53. The monoisotopic (exact) mass is 359 g/mol. The van der Waals surface area contributed by atoms with Crippen molar-refractivity contribution in [1.29, 1.82) is 0 Å². The Morgan fingerprint density at radius 1 is 1.32 bits per heavy atom. The van der Waals surface area contributed by atoms with Gasteiger partial charge in [0.1, 0.15) is 0 Å². The summed E-state index contributed by atoms with van der Waals surface area (Å²) in [6.07, 6.45) is 4.10. The summed E-state index contributed by atoms with van der Waals surface area (Å²) >= 11 is 1.35. The number of hydrogen-bond donors (Lipinski definition) is 2. The van der Waals surface area contributed by atoms with Gasteiger partial charge in [0, 0.05) is 12.0 Å². The summed E-state index contributed by atoms with van der Waals surface area (Å²) in [5.74, 6) is 7.31. The number of nitrogen functional groups attached to an aromatic ring is 1. The molecule has 1 aromatic heterocycles. The number of aromatic nitrogens is 3. The number of aryl methyl sites for hydroxylation is 1. The van der Waals surface area contributed by atoms with Crippen LogP contribution < -0.4 is 11.2 Å². The molecular weight excluding hydrogens is 334 g/mol. The van der Waals surface area contributed by atoms with Gasteiger partial charge in [-0.1, -0.05) is 42.1 Å². The van der Waals surface area contributed by atoms with Crippen molar-refractivity contribution in [2.75, 3.05) is 5.84 Å². The molecule has 134 valence electrons. The van der Waals surface area contributed by atoms with Crippen molar-refractivity contribution >= 4 is 17.7 Å². The highest BCUT2D eigenvalue weighted by Crippen LogP contribution is 2.39. The van der Waals surface area contributed by atoms with Crippen LogP contribution in [0, 0.1) is 0 Å². The fourth-order valence-corrected chi connectivity index (χ4v) is 3.45. The van der Waals surface area contributed by atoms with Crippen LogP contribution in [0.3, 0.4) is 0 Å².